The Morgan fingerprint density at radius 3 is 2.67 bits per heavy atom. The van der Waals surface area contributed by atoms with Gasteiger partial charge < -0.3 is 9.67 Å². The van der Waals surface area contributed by atoms with E-state index in [1.807, 2.05) is 22.1 Å². The van der Waals surface area contributed by atoms with Crippen molar-refractivity contribution in [1.29, 1.82) is 0 Å². The normalized spacial score (nSPS) is 16.2. The lowest BCUT2D eigenvalue weighted by Gasteiger charge is -2.17. The molecule has 1 fully saturated rings. The van der Waals surface area contributed by atoms with Gasteiger partial charge in [0.05, 0.1) is 10.6 Å². The zero-order chi connectivity index (χ0) is 12.5. The zero-order valence-electron chi connectivity index (χ0n) is 10.0. The van der Waals surface area contributed by atoms with E-state index in [0.717, 1.165) is 23.4 Å². The molecule has 2 heterocycles. The highest BCUT2D eigenvalue weighted by Crippen LogP contribution is 2.37. The first-order valence-electron chi connectivity index (χ1n) is 6.26. The number of carboxylic acids is 1. The summed E-state index contributed by atoms with van der Waals surface area (Å²) in [7, 11) is 0. The van der Waals surface area contributed by atoms with E-state index in [9.17, 15) is 9.90 Å². The molecule has 0 saturated heterocycles. The van der Waals surface area contributed by atoms with Crippen LogP contribution in [-0.4, -0.2) is 15.6 Å². The average molecular weight is 261 g/mol. The predicted molar refractivity (Wildman–Crippen MR) is 72.2 cm³/mol. The molecule has 0 spiro atoms. The number of carbonyl (C=O) groups is 1. The molecule has 0 aromatic carbocycles. The van der Waals surface area contributed by atoms with Crippen LogP contribution in [0.2, 0.25) is 0 Å². The Labute approximate surface area is 110 Å². The van der Waals surface area contributed by atoms with Crippen molar-refractivity contribution in [2.75, 3.05) is 0 Å². The fourth-order valence-electron chi connectivity index (χ4n) is 2.80. The minimum absolute atomic E-state index is 0.350. The van der Waals surface area contributed by atoms with Gasteiger partial charge in [0.1, 0.15) is 5.69 Å². The molecule has 4 heteroatoms. The van der Waals surface area contributed by atoms with E-state index in [1.54, 1.807) is 17.4 Å². The summed E-state index contributed by atoms with van der Waals surface area (Å²) in [6, 6.07) is 8.08. The maximum Gasteiger partial charge on any atom is 0.352 e. The highest BCUT2D eigenvalue weighted by Gasteiger charge is 2.24. The van der Waals surface area contributed by atoms with Gasteiger partial charge in [0.25, 0.3) is 0 Å². The lowest BCUT2D eigenvalue weighted by atomic mass is 10.2. The SMILES string of the molecule is O=C(O)c1ccc(-c2cccs2)n1C1CCCC1. The number of hydrogen-bond acceptors (Lipinski definition) is 2. The molecule has 0 aliphatic heterocycles. The van der Waals surface area contributed by atoms with Crippen LogP contribution in [0.3, 0.4) is 0 Å². The second-order valence-corrected chi connectivity index (χ2v) is 5.64. The van der Waals surface area contributed by atoms with Gasteiger partial charge in [-0.1, -0.05) is 18.9 Å². The lowest BCUT2D eigenvalue weighted by molar-refractivity contribution is 0.0683. The number of rotatable bonds is 3. The van der Waals surface area contributed by atoms with Crippen molar-refractivity contribution in [3.8, 4) is 10.6 Å². The predicted octanol–water partition coefficient (Wildman–Crippen LogP) is 4.03. The van der Waals surface area contributed by atoms with Gasteiger partial charge in [0, 0.05) is 6.04 Å². The summed E-state index contributed by atoms with van der Waals surface area (Å²) >= 11 is 1.66. The van der Waals surface area contributed by atoms with E-state index in [4.69, 9.17) is 0 Å². The molecule has 0 amide bonds. The van der Waals surface area contributed by atoms with Crippen molar-refractivity contribution in [3.05, 3.63) is 35.3 Å². The minimum Gasteiger partial charge on any atom is -0.477 e. The number of aromatic nitrogens is 1. The monoisotopic (exact) mass is 261 g/mol. The standard InChI is InChI=1S/C14H15NO2S/c16-14(17)12-8-7-11(13-6-3-9-18-13)15(12)10-4-1-2-5-10/h3,6-10H,1-2,4-5H2,(H,16,17). The first-order chi connectivity index (χ1) is 8.77. The number of hydrogen-bond donors (Lipinski definition) is 1. The summed E-state index contributed by atoms with van der Waals surface area (Å²) in [5.41, 5.74) is 1.47. The molecule has 2 aromatic heterocycles. The molecule has 1 aliphatic rings. The zero-order valence-corrected chi connectivity index (χ0v) is 10.8. The second-order valence-electron chi connectivity index (χ2n) is 4.69. The fraction of sp³-hybridized carbons (Fsp3) is 0.357. The van der Waals surface area contributed by atoms with Crippen LogP contribution in [0.1, 0.15) is 42.2 Å². The maximum atomic E-state index is 11.3. The Kier molecular flexibility index (Phi) is 2.96. The molecule has 3 rings (SSSR count). The Hall–Kier alpha value is -1.55. The maximum absolute atomic E-state index is 11.3. The van der Waals surface area contributed by atoms with Gasteiger partial charge in [-0.15, -0.1) is 11.3 Å². The first-order valence-corrected chi connectivity index (χ1v) is 7.14. The summed E-state index contributed by atoms with van der Waals surface area (Å²) in [6.45, 7) is 0. The summed E-state index contributed by atoms with van der Waals surface area (Å²) in [4.78, 5) is 12.5. The third-order valence-corrected chi connectivity index (χ3v) is 4.49. The quantitative estimate of drug-likeness (QED) is 0.906. The van der Waals surface area contributed by atoms with E-state index in [-0.39, 0.29) is 0 Å². The second kappa shape index (κ2) is 4.61. The minimum atomic E-state index is -0.829. The fourth-order valence-corrected chi connectivity index (χ4v) is 3.55. The number of thiophene rings is 1. The van der Waals surface area contributed by atoms with E-state index >= 15 is 0 Å². The molecule has 94 valence electrons. The van der Waals surface area contributed by atoms with Crippen molar-refractivity contribution in [1.82, 2.24) is 4.57 Å². The highest BCUT2D eigenvalue weighted by molar-refractivity contribution is 7.13. The van der Waals surface area contributed by atoms with Crippen molar-refractivity contribution in [2.45, 2.75) is 31.7 Å². The third-order valence-electron chi connectivity index (χ3n) is 3.60. The van der Waals surface area contributed by atoms with Crippen molar-refractivity contribution < 1.29 is 9.90 Å². The van der Waals surface area contributed by atoms with Gasteiger partial charge in [0.2, 0.25) is 0 Å². The van der Waals surface area contributed by atoms with Crippen LogP contribution in [0.25, 0.3) is 10.6 Å². The molecule has 0 bridgehead atoms. The van der Waals surface area contributed by atoms with Gasteiger partial charge >= 0.3 is 5.97 Å². The van der Waals surface area contributed by atoms with Gasteiger partial charge in [-0.05, 0) is 36.4 Å². The summed E-state index contributed by atoms with van der Waals surface area (Å²) < 4.78 is 2.03. The molecule has 18 heavy (non-hydrogen) atoms. The molecule has 0 atom stereocenters. The molecule has 2 aromatic rings. The molecular formula is C14H15NO2S. The van der Waals surface area contributed by atoms with Crippen LogP contribution in [0, 0.1) is 0 Å². The third kappa shape index (κ3) is 1.86. The van der Waals surface area contributed by atoms with E-state index in [1.165, 1.54) is 12.8 Å². The highest BCUT2D eigenvalue weighted by atomic mass is 32.1. The van der Waals surface area contributed by atoms with Crippen LogP contribution in [0.4, 0.5) is 0 Å². The molecule has 0 radical (unpaired) electrons. The molecule has 1 aliphatic carbocycles. The van der Waals surface area contributed by atoms with E-state index in [2.05, 4.69) is 6.07 Å². The van der Waals surface area contributed by atoms with E-state index < -0.39 is 5.97 Å². The van der Waals surface area contributed by atoms with Crippen molar-refractivity contribution in [3.63, 3.8) is 0 Å². The van der Waals surface area contributed by atoms with Crippen LogP contribution in [0.5, 0.6) is 0 Å². The smallest absolute Gasteiger partial charge is 0.352 e. The summed E-state index contributed by atoms with van der Waals surface area (Å²) in [6.07, 6.45) is 4.58. The van der Waals surface area contributed by atoms with Crippen LogP contribution < -0.4 is 0 Å². The number of carboxylic acid groups (broad SMARTS) is 1. The largest absolute Gasteiger partial charge is 0.477 e. The Morgan fingerprint density at radius 2 is 2.06 bits per heavy atom. The van der Waals surface area contributed by atoms with Gasteiger partial charge in [-0.3, -0.25) is 0 Å². The van der Waals surface area contributed by atoms with Gasteiger partial charge in [-0.25, -0.2) is 4.79 Å². The number of aromatic carboxylic acids is 1. The Bertz CT molecular complexity index is 550. The Balaban J connectivity index is 2.11. The lowest BCUT2D eigenvalue weighted by Crippen LogP contribution is -2.13. The average Bonchev–Trinajstić information content (AvgIpc) is 3.10. The molecule has 0 unspecified atom stereocenters. The molecule has 3 nitrogen and oxygen atoms in total. The topological polar surface area (TPSA) is 42.2 Å². The van der Waals surface area contributed by atoms with Crippen LogP contribution in [-0.2, 0) is 0 Å². The van der Waals surface area contributed by atoms with Gasteiger partial charge in [-0.2, -0.15) is 0 Å². The first kappa shape index (κ1) is 11.5. The van der Waals surface area contributed by atoms with Crippen molar-refractivity contribution >= 4 is 17.3 Å². The van der Waals surface area contributed by atoms with Crippen LogP contribution >= 0.6 is 11.3 Å². The van der Waals surface area contributed by atoms with Gasteiger partial charge in [0.15, 0.2) is 0 Å². The van der Waals surface area contributed by atoms with E-state index in [0.29, 0.717) is 11.7 Å². The summed E-state index contributed by atoms with van der Waals surface area (Å²) in [5, 5.41) is 11.3. The summed E-state index contributed by atoms with van der Waals surface area (Å²) in [5.74, 6) is -0.829. The molecule has 1 saturated carbocycles. The van der Waals surface area contributed by atoms with Crippen molar-refractivity contribution in [2.24, 2.45) is 0 Å². The Morgan fingerprint density at radius 1 is 1.28 bits per heavy atom. The molecular weight excluding hydrogens is 246 g/mol. The van der Waals surface area contributed by atoms with Crippen LogP contribution in [0.15, 0.2) is 29.6 Å². The number of nitrogens with zero attached hydrogens (tertiary/aromatic N) is 1. The molecule has 1 N–H and O–H groups in total.